The highest BCUT2D eigenvalue weighted by atomic mass is 19.4. The summed E-state index contributed by atoms with van der Waals surface area (Å²) in [7, 11) is 0. The molecule has 1 aliphatic heterocycles. The Morgan fingerprint density at radius 1 is 0.957 bits per heavy atom. The minimum absolute atomic E-state index is 0.111. The van der Waals surface area contributed by atoms with Gasteiger partial charge in [0.15, 0.2) is 0 Å². The van der Waals surface area contributed by atoms with E-state index in [-0.39, 0.29) is 11.5 Å². The van der Waals surface area contributed by atoms with Crippen LogP contribution in [0.2, 0.25) is 0 Å². The van der Waals surface area contributed by atoms with Gasteiger partial charge in [-0.05, 0) is 41.8 Å². The molecule has 1 amide bonds. The second kappa shape index (κ2) is 5.91. The molecule has 0 bridgehead atoms. The van der Waals surface area contributed by atoms with Crippen LogP contribution in [0.25, 0.3) is 11.1 Å². The summed E-state index contributed by atoms with van der Waals surface area (Å²) >= 11 is 0. The molecule has 118 valence electrons. The molecule has 0 saturated heterocycles. The Bertz CT molecular complexity index is 748. The minimum Gasteiger partial charge on any atom is -0.309 e. The van der Waals surface area contributed by atoms with Gasteiger partial charge in [-0.15, -0.1) is 0 Å². The van der Waals surface area contributed by atoms with Crippen LogP contribution in [0.15, 0.2) is 60.7 Å². The number of anilines is 1. The van der Waals surface area contributed by atoms with Gasteiger partial charge in [-0.25, -0.2) is 0 Å². The van der Waals surface area contributed by atoms with E-state index in [1.54, 1.807) is 35.2 Å². The molecule has 0 aliphatic carbocycles. The summed E-state index contributed by atoms with van der Waals surface area (Å²) in [4.78, 5) is 13.4. The first-order chi connectivity index (χ1) is 11.0. The van der Waals surface area contributed by atoms with Crippen molar-refractivity contribution >= 4 is 11.6 Å². The van der Waals surface area contributed by atoms with E-state index < -0.39 is 11.7 Å². The van der Waals surface area contributed by atoms with E-state index in [4.69, 9.17) is 0 Å². The second-order valence-electron chi connectivity index (χ2n) is 5.27. The number of carbonyl (C=O) groups is 1. The van der Waals surface area contributed by atoms with Crippen molar-refractivity contribution in [2.75, 3.05) is 11.4 Å². The van der Waals surface area contributed by atoms with E-state index in [1.807, 2.05) is 6.08 Å². The maximum Gasteiger partial charge on any atom is 0.417 e. The van der Waals surface area contributed by atoms with Crippen molar-refractivity contribution in [1.29, 1.82) is 0 Å². The van der Waals surface area contributed by atoms with Gasteiger partial charge in [-0.1, -0.05) is 36.4 Å². The number of alkyl halides is 3. The zero-order valence-electron chi connectivity index (χ0n) is 12.2. The molecule has 2 aromatic rings. The number of benzene rings is 2. The maximum atomic E-state index is 13.1. The first-order valence-electron chi connectivity index (χ1n) is 7.21. The Morgan fingerprint density at radius 2 is 1.65 bits per heavy atom. The highest BCUT2D eigenvalue weighted by molar-refractivity contribution is 6.02. The van der Waals surface area contributed by atoms with Crippen LogP contribution >= 0.6 is 0 Å². The average Bonchev–Trinajstić information content (AvgIpc) is 2.55. The molecule has 0 spiro atoms. The van der Waals surface area contributed by atoms with Gasteiger partial charge >= 0.3 is 6.18 Å². The van der Waals surface area contributed by atoms with Crippen LogP contribution in [0.1, 0.15) is 12.0 Å². The van der Waals surface area contributed by atoms with Crippen LogP contribution in [-0.2, 0) is 11.0 Å². The number of amides is 1. The summed E-state index contributed by atoms with van der Waals surface area (Å²) in [6.07, 6.45) is -0.309. The van der Waals surface area contributed by atoms with Crippen molar-refractivity contribution in [3.8, 4) is 11.1 Å². The molecule has 3 rings (SSSR count). The minimum atomic E-state index is -4.40. The Hall–Kier alpha value is -2.56. The molecule has 2 nitrogen and oxygen atoms in total. The van der Waals surface area contributed by atoms with E-state index in [2.05, 4.69) is 0 Å². The molecule has 1 aliphatic rings. The largest absolute Gasteiger partial charge is 0.417 e. The molecule has 5 heteroatoms. The fourth-order valence-electron chi connectivity index (χ4n) is 2.65. The Labute approximate surface area is 131 Å². The molecule has 2 aromatic carbocycles. The molecule has 0 aromatic heterocycles. The zero-order chi connectivity index (χ0) is 16.4. The van der Waals surface area contributed by atoms with Gasteiger partial charge < -0.3 is 4.90 Å². The molecular formula is C18H14F3NO. The van der Waals surface area contributed by atoms with Gasteiger partial charge in [0, 0.05) is 12.2 Å². The highest BCUT2D eigenvalue weighted by Crippen LogP contribution is 2.37. The molecule has 0 N–H and O–H groups in total. The number of nitrogens with zero attached hydrogens (tertiary/aromatic N) is 1. The van der Waals surface area contributed by atoms with Crippen LogP contribution in [-0.4, -0.2) is 12.5 Å². The van der Waals surface area contributed by atoms with E-state index in [1.165, 1.54) is 18.2 Å². The summed E-state index contributed by atoms with van der Waals surface area (Å²) in [5, 5.41) is 0. The van der Waals surface area contributed by atoms with Crippen molar-refractivity contribution in [2.24, 2.45) is 0 Å². The first kappa shape index (κ1) is 15.3. The summed E-state index contributed by atoms with van der Waals surface area (Å²) in [5.41, 5.74) is 0.635. The molecule has 0 unspecified atom stereocenters. The third kappa shape index (κ3) is 3.13. The number of hydrogen-bond acceptors (Lipinski definition) is 1. The fourth-order valence-corrected chi connectivity index (χ4v) is 2.65. The van der Waals surface area contributed by atoms with Crippen molar-refractivity contribution < 1.29 is 18.0 Å². The van der Waals surface area contributed by atoms with Crippen LogP contribution < -0.4 is 4.90 Å². The van der Waals surface area contributed by atoms with Crippen LogP contribution in [0.5, 0.6) is 0 Å². The van der Waals surface area contributed by atoms with Crippen molar-refractivity contribution in [1.82, 2.24) is 0 Å². The number of rotatable bonds is 2. The smallest absolute Gasteiger partial charge is 0.309 e. The molecule has 1 heterocycles. The van der Waals surface area contributed by atoms with Gasteiger partial charge in [0.05, 0.1) is 5.56 Å². The third-order valence-electron chi connectivity index (χ3n) is 3.77. The molecule has 0 saturated carbocycles. The zero-order valence-corrected chi connectivity index (χ0v) is 12.2. The lowest BCUT2D eigenvalue weighted by Gasteiger charge is -2.23. The normalized spacial score (nSPS) is 15.1. The topological polar surface area (TPSA) is 20.3 Å². The highest BCUT2D eigenvalue weighted by Gasteiger charge is 2.33. The molecule has 23 heavy (non-hydrogen) atoms. The fraction of sp³-hybridized carbons (Fsp3) is 0.167. The van der Waals surface area contributed by atoms with Gasteiger partial charge in [-0.3, -0.25) is 4.79 Å². The van der Waals surface area contributed by atoms with E-state index >= 15 is 0 Å². The van der Waals surface area contributed by atoms with Crippen molar-refractivity contribution in [3.05, 3.63) is 66.2 Å². The number of carbonyl (C=O) groups excluding carboxylic acids is 1. The van der Waals surface area contributed by atoms with Gasteiger partial charge in [0.25, 0.3) is 5.91 Å². The lowest BCUT2D eigenvalue weighted by molar-refractivity contribution is -0.137. The monoisotopic (exact) mass is 317 g/mol. The average molecular weight is 317 g/mol. The quantitative estimate of drug-likeness (QED) is 0.788. The van der Waals surface area contributed by atoms with E-state index in [9.17, 15) is 18.0 Å². The Kier molecular flexibility index (Phi) is 3.94. The number of halogens is 3. The molecular weight excluding hydrogens is 303 g/mol. The summed E-state index contributed by atoms with van der Waals surface area (Å²) in [6.45, 7) is 0.577. The summed E-state index contributed by atoms with van der Waals surface area (Å²) < 4.78 is 39.3. The van der Waals surface area contributed by atoms with Gasteiger partial charge in [0.2, 0.25) is 0 Å². The maximum absolute atomic E-state index is 13.1. The molecule has 0 fully saturated rings. The third-order valence-corrected chi connectivity index (χ3v) is 3.77. The molecule has 0 atom stereocenters. The summed E-state index contributed by atoms with van der Waals surface area (Å²) in [6, 6.07) is 12.1. The lowest BCUT2D eigenvalue weighted by Crippen LogP contribution is -2.32. The lowest BCUT2D eigenvalue weighted by atomic mass is 9.99. The van der Waals surface area contributed by atoms with Crippen LogP contribution in [0, 0.1) is 0 Å². The molecule has 0 radical (unpaired) electrons. The second-order valence-corrected chi connectivity index (χ2v) is 5.27. The summed E-state index contributed by atoms with van der Waals surface area (Å²) in [5.74, 6) is -0.111. The first-order valence-corrected chi connectivity index (χ1v) is 7.21. The van der Waals surface area contributed by atoms with Crippen LogP contribution in [0.3, 0.4) is 0 Å². The predicted octanol–water partition coefficient (Wildman–Crippen LogP) is 4.67. The van der Waals surface area contributed by atoms with Gasteiger partial charge in [0.1, 0.15) is 0 Å². The van der Waals surface area contributed by atoms with Crippen molar-refractivity contribution in [3.63, 3.8) is 0 Å². The van der Waals surface area contributed by atoms with E-state index in [0.717, 1.165) is 12.5 Å². The van der Waals surface area contributed by atoms with Crippen molar-refractivity contribution in [2.45, 2.75) is 12.6 Å². The SMILES string of the molecule is O=C1C=CCCN1c1ccc(-c2ccccc2C(F)(F)F)cc1. The predicted molar refractivity (Wildman–Crippen MR) is 83.0 cm³/mol. The van der Waals surface area contributed by atoms with Gasteiger partial charge in [-0.2, -0.15) is 13.2 Å². The number of hydrogen-bond donors (Lipinski definition) is 0. The Morgan fingerprint density at radius 3 is 2.30 bits per heavy atom. The van der Waals surface area contributed by atoms with Crippen LogP contribution in [0.4, 0.5) is 18.9 Å². The van der Waals surface area contributed by atoms with E-state index in [0.29, 0.717) is 17.8 Å². The Balaban J connectivity index is 1.95. The standard InChI is InChI=1S/C18H14F3NO/c19-18(20,21)16-6-2-1-5-15(16)13-8-10-14(11-9-13)22-12-4-3-7-17(22)23/h1-3,5-11H,4,12H2.